The molecule has 8 heteroatoms. The van der Waals surface area contributed by atoms with Crippen molar-refractivity contribution in [1.29, 1.82) is 0 Å². The fraction of sp³-hybridized carbons (Fsp3) is 0.708. The van der Waals surface area contributed by atoms with Gasteiger partial charge in [-0.2, -0.15) is 0 Å². The fourth-order valence-electron chi connectivity index (χ4n) is 4.95. The van der Waals surface area contributed by atoms with Gasteiger partial charge >= 0.3 is 0 Å². The van der Waals surface area contributed by atoms with Gasteiger partial charge in [0, 0.05) is 83.7 Å². The number of nitrogens with zero attached hydrogens (tertiary/aromatic N) is 5. The van der Waals surface area contributed by atoms with Crippen LogP contribution in [0.1, 0.15) is 19.8 Å². The average Bonchev–Trinajstić information content (AvgIpc) is 3.33. The number of benzene rings is 1. The summed E-state index contributed by atoms with van der Waals surface area (Å²) >= 11 is 0. The average molecular weight is 557 g/mol. The number of nitrogens with one attached hydrogen (secondary N) is 1. The zero-order valence-corrected chi connectivity index (χ0v) is 22.0. The van der Waals surface area contributed by atoms with Crippen molar-refractivity contribution in [1.82, 2.24) is 20.0 Å². The van der Waals surface area contributed by atoms with Gasteiger partial charge in [0.2, 0.25) is 0 Å². The van der Waals surface area contributed by atoms with Crippen molar-refractivity contribution in [2.24, 2.45) is 4.99 Å². The number of rotatable bonds is 7. The second-order valence-corrected chi connectivity index (χ2v) is 8.79. The molecular formula is C24H41IN6O. The molecule has 3 saturated heterocycles. The molecule has 1 N–H and O–H groups in total. The molecule has 1 unspecified atom stereocenters. The van der Waals surface area contributed by atoms with Crippen molar-refractivity contribution in [2.75, 3.05) is 90.1 Å². The number of ether oxygens (including phenoxy) is 1. The normalized spacial score (nSPS) is 23.3. The number of halogens is 1. The Balaban J connectivity index is 0.00000289. The van der Waals surface area contributed by atoms with Gasteiger partial charge in [-0.3, -0.25) is 14.8 Å². The first-order valence-corrected chi connectivity index (χ1v) is 12.2. The van der Waals surface area contributed by atoms with Crippen molar-refractivity contribution in [2.45, 2.75) is 25.8 Å². The third-order valence-corrected chi connectivity index (χ3v) is 6.75. The van der Waals surface area contributed by atoms with E-state index in [1.54, 1.807) is 0 Å². The summed E-state index contributed by atoms with van der Waals surface area (Å²) in [6.07, 6.45) is 2.36. The second kappa shape index (κ2) is 13.6. The maximum absolute atomic E-state index is 5.52. The van der Waals surface area contributed by atoms with E-state index in [0.717, 1.165) is 97.6 Å². The van der Waals surface area contributed by atoms with Gasteiger partial charge in [-0.1, -0.05) is 18.2 Å². The summed E-state index contributed by atoms with van der Waals surface area (Å²) < 4.78 is 5.52. The first kappa shape index (κ1) is 25.5. The zero-order chi connectivity index (χ0) is 21.3. The highest BCUT2D eigenvalue weighted by Gasteiger charge is 2.30. The molecule has 3 fully saturated rings. The first-order valence-electron chi connectivity index (χ1n) is 12.2. The van der Waals surface area contributed by atoms with Crippen LogP contribution in [-0.2, 0) is 4.74 Å². The third kappa shape index (κ3) is 7.20. The van der Waals surface area contributed by atoms with Gasteiger partial charge in [0.05, 0.1) is 13.2 Å². The van der Waals surface area contributed by atoms with E-state index in [4.69, 9.17) is 9.73 Å². The molecule has 0 saturated carbocycles. The number of anilines is 1. The van der Waals surface area contributed by atoms with Crippen molar-refractivity contribution < 1.29 is 4.74 Å². The molecular weight excluding hydrogens is 515 g/mol. The van der Waals surface area contributed by atoms with E-state index in [1.165, 1.54) is 12.1 Å². The first-order chi connectivity index (χ1) is 15.3. The van der Waals surface area contributed by atoms with Gasteiger partial charge in [0.1, 0.15) is 0 Å². The van der Waals surface area contributed by atoms with Crippen LogP contribution in [0, 0.1) is 0 Å². The lowest BCUT2D eigenvalue weighted by molar-refractivity contribution is 0.0195. The Bertz CT molecular complexity index is 676. The van der Waals surface area contributed by atoms with E-state index >= 15 is 0 Å². The summed E-state index contributed by atoms with van der Waals surface area (Å²) in [5, 5.41) is 3.52. The number of aliphatic imine (C=N–C) groups is 1. The van der Waals surface area contributed by atoms with Gasteiger partial charge in [0.15, 0.2) is 5.96 Å². The second-order valence-electron chi connectivity index (χ2n) is 8.79. The van der Waals surface area contributed by atoms with Gasteiger partial charge in [-0.25, -0.2) is 0 Å². The van der Waals surface area contributed by atoms with Crippen LogP contribution in [-0.4, -0.2) is 112 Å². The Morgan fingerprint density at radius 2 is 1.78 bits per heavy atom. The van der Waals surface area contributed by atoms with Crippen LogP contribution < -0.4 is 10.2 Å². The van der Waals surface area contributed by atoms with Crippen LogP contribution >= 0.6 is 24.0 Å². The van der Waals surface area contributed by atoms with Crippen molar-refractivity contribution in [3.63, 3.8) is 0 Å². The zero-order valence-electron chi connectivity index (χ0n) is 19.6. The lowest BCUT2D eigenvalue weighted by Gasteiger charge is -2.36. The summed E-state index contributed by atoms with van der Waals surface area (Å²) in [6.45, 7) is 15.8. The highest BCUT2D eigenvalue weighted by atomic mass is 127. The fourth-order valence-corrected chi connectivity index (χ4v) is 4.95. The number of guanidine groups is 1. The summed E-state index contributed by atoms with van der Waals surface area (Å²) in [7, 11) is 0. The predicted octanol–water partition coefficient (Wildman–Crippen LogP) is 2.19. The summed E-state index contributed by atoms with van der Waals surface area (Å²) in [5.41, 5.74) is 1.35. The van der Waals surface area contributed by atoms with E-state index in [0.29, 0.717) is 6.04 Å². The van der Waals surface area contributed by atoms with Crippen LogP contribution in [0.15, 0.2) is 35.3 Å². The molecule has 0 radical (unpaired) electrons. The molecule has 0 bridgehead atoms. The number of hydrogen-bond donors (Lipinski definition) is 1. The molecule has 32 heavy (non-hydrogen) atoms. The quantitative estimate of drug-likeness (QED) is 0.241. The van der Waals surface area contributed by atoms with Crippen molar-refractivity contribution in [3.8, 4) is 0 Å². The molecule has 3 aliphatic rings. The number of hydrogen-bond acceptors (Lipinski definition) is 5. The Morgan fingerprint density at radius 3 is 2.50 bits per heavy atom. The number of likely N-dealkylation sites (tertiary alicyclic amines) is 1. The minimum absolute atomic E-state index is 0. The molecule has 3 aliphatic heterocycles. The number of para-hydroxylation sites is 1. The molecule has 0 amide bonds. The molecule has 0 aliphatic carbocycles. The molecule has 7 nitrogen and oxygen atoms in total. The SMILES string of the molecule is CCNC(=NCCCN1CCN(c2ccccc2)CC1)N1CCC(N2CCOCC2)C1.I. The monoisotopic (exact) mass is 556 g/mol. The molecule has 1 aromatic rings. The molecule has 0 aromatic heterocycles. The lowest BCUT2D eigenvalue weighted by Crippen LogP contribution is -2.47. The Hall–Kier alpha value is -1.10. The molecule has 3 heterocycles. The van der Waals surface area contributed by atoms with E-state index in [9.17, 15) is 0 Å². The van der Waals surface area contributed by atoms with Crippen LogP contribution in [0.4, 0.5) is 5.69 Å². The summed E-state index contributed by atoms with van der Waals surface area (Å²) in [6, 6.07) is 11.4. The van der Waals surface area contributed by atoms with Gasteiger partial charge < -0.3 is 19.9 Å². The molecule has 1 aromatic carbocycles. The highest BCUT2D eigenvalue weighted by molar-refractivity contribution is 14.0. The lowest BCUT2D eigenvalue weighted by atomic mass is 10.2. The van der Waals surface area contributed by atoms with E-state index in [2.05, 4.69) is 62.2 Å². The smallest absolute Gasteiger partial charge is 0.193 e. The number of morpholine rings is 1. The van der Waals surface area contributed by atoms with Crippen LogP contribution in [0.3, 0.4) is 0 Å². The Morgan fingerprint density at radius 1 is 1.03 bits per heavy atom. The van der Waals surface area contributed by atoms with E-state index in [1.807, 2.05) is 0 Å². The number of piperazine rings is 1. The summed E-state index contributed by atoms with van der Waals surface area (Å²) in [4.78, 5) is 15.1. The van der Waals surface area contributed by atoms with E-state index in [-0.39, 0.29) is 24.0 Å². The molecule has 1 atom stereocenters. The van der Waals surface area contributed by atoms with Crippen LogP contribution in [0.2, 0.25) is 0 Å². The Kier molecular flexibility index (Phi) is 10.8. The predicted molar refractivity (Wildman–Crippen MR) is 143 cm³/mol. The molecule has 180 valence electrons. The van der Waals surface area contributed by atoms with Crippen molar-refractivity contribution in [3.05, 3.63) is 30.3 Å². The van der Waals surface area contributed by atoms with Crippen LogP contribution in [0.5, 0.6) is 0 Å². The third-order valence-electron chi connectivity index (χ3n) is 6.75. The maximum Gasteiger partial charge on any atom is 0.193 e. The minimum Gasteiger partial charge on any atom is -0.379 e. The molecule has 0 spiro atoms. The van der Waals surface area contributed by atoms with Gasteiger partial charge in [-0.05, 0) is 31.9 Å². The van der Waals surface area contributed by atoms with Gasteiger partial charge in [-0.15, -0.1) is 24.0 Å². The minimum atomic E-state index is 0. The maximum atomic E-state index is 5.52. The van der Waals surface area contributed by atoms with Crippen molar-refractivity contribution >= 4 is 35.6 Å². The standard InChI is InChI=1S/C24H40N6O.HI/c1-2-25-24(30-12-9-23(21-30)29-17-19-31-20-18-29)26-10-6-11-27-13-15-28(16-14-27)22-7-4-3-5-8-22;/h3-5,7-8,23H,2,6,9-21H2,1H3,(H,25,26);1H. The highest BCUT2D eigenvalue weighted by Crippen LogP contribution is 2.18. The Labute approximate surface area is 211 Å². The molecule has 4 rings (SSSR count). The topological polar surface area (TPSA) is 46.6 Å². The van der Waals surface area contributed by atoms with Crippen LogP contribution in [0.25, 0.3) is 0 Å². The van der Waals surface area contributed by atoms with Gasteiger partial charge in [0.25, 0.3) is 0 Å². The summed E-state index contributed by atoms with van der Waals surface area (Å²) in [5.74, 6) is 1.10. The largest absolute Gasteiger partial charge is 0.379 e. The van der Waals surface area contributed by atoms with E-state index < -0.39 is 0 Å².